The molecule has 0 spiro atoms. The second kappa shape index (κ2) is 10.4. The van der Waals surface area contributed by atoms with Crippen LogP contribution < -0.4 is 16.0 Å². The van der Waals surface area contributed by atoms with Crippen molar-refractivity contribution in [1.82, 2.24) is 10.6 Å². The first-order valence-electron chi connectivity index (χ1n) is 9.80. The number of carbonyl (C=O) groups excluding carboxylic acids is 3. The lowest BCUT2D eigenvalue weighted by Gasteiger charge is -2.07. The van der Waals surface area contributed by atoms with Crippen molar-refractivity contribution in [2.45, 2.75) is 20.4 Å². The molecule has 32 heavy (non-hydrogen) atoms. The van der Waals surface area contributed by atoms with E-state index in [4.69, 9.17) is 11.6 Å². The minimum atomic E-state index is -0.533. The normalized spacial score (nSPS) is 10.5. The van der Waals surface area contributed by atoms with Crippen LogP contribution in [-0.4, -0.2) is 24.3 Å². The van der Waals surface area contributed by atoms with Crippen molar-refractivity contribution < 1.29 is 18.8 Å². The zero-order valence-corrected chi connectivity index (χ0v) is 19.0. The molecule has 0 saturated heterocycles. The van der Waals surface area contributed by atoms with Crippen LogP contribution in [0.2, 0.25) is 5.02 Å². The van der Waals surface area contributed by atoms with E-state index in [0.717, 1.165) is 29.0 Å². The van der Waals surface area contributed by atoms with Gasteiger partial charge >= 0.3 is 0 Å². The number of nitrogens with one attached hydrogen (secondary N) is 3. The predicted octanol–water partition coefficient (Wildman–Crippen LogP) is 4.78. The lowest BCUT2D eigenvalue weighted by atomic mass is 10.1. The van der Waals surface area contributed by atoms with Gasteiger partial charge in [-0.1, -0.05) is 23.7 Å². The average molecular weight is 474 g/mol. The van der Waals surface area contributed by atoms with Gasteiger partial charge in [0.25, 0.3) is 17.7 Å². The molecule has 0 fully saturated rings. The number of rotatable bonds is 7. The standard InChI is InChI=1S/C23H21ClFN3O3S/c1-3-26-21(29)15-6-4-5-14(10-15)12-27-23(31)20-13(2)9-19(32-20)28-22(30)17-8-7-16(25)11-18(17)24/h4-11H,3,12H2,1-2H3,(H,26,29)(H,27,31)(H,28,30). The maximum absolute atomic E-state index is 13.2. The number of amides is 3. The minimum absolute atomic E-state index is 0.00333. The highest BCUT2D eigenvalue weighted by Crippen LogP contribution is 2.28. The molecule has 1 heterocycles. The van der Waals surface area contributed by atoms with Crippen LogP contribution in [0, 0.1) is 12.7 Å². The van der Waals surface area contributed by atoms with Crippen molar-refractivity contribution in [3.8, 4) is 0 Å². The highest BCUT2D eigenvalue weighted by Gasteiger charge is 2.17. The summed E-state index contributed by atoms with van der Waals surface area (Å²) in [6, 6.07) is 12.2. The molecule has 3 aromatic rings. The molecule has 0 saturated carbocycles. The quantitative estimate of drug-likeness (QED) is 0.461. The second-order valence-electron chi connectivity index (χ2n) is 6.94. The van der Waals surface area contributed by atoms with Gasteiger partial charge in [0.15, 0.2) is 0 Å². The molecule has 3 N–H and O–H groups in total. The van der Waals surface area contributed by atoms with Gasteiger partial charge in [0.2, 0.25) is 0 Å². The van der Waals surface area contributed by atoms with E-state index in [-0.39, 0.29) is 28.9 Å². The van der Waals surface area contributed by atoms with E-state index < -0.39 is 11.7 Å². The number of aryl methyl sites for hydroxylation is 1. The summed E-state index contributed by atoms with van der Waals surface area (Å²) >= 11 is 7.06. The van der Waals surface area contributed by atoms with E-state index in [1.54, 1.807) is 31.2 Å². The van der Waals surface area contributed by atoms with Gasteiger partial charge in [-0.05, 0) is 61.4 Å². The fraction of sp³-hybridized carbons (Fsp3) is 0.174. The lowest BCUT2D eigenvalue weighted by molar-refractivity contribution is 0.0949. The molecular weight excluding hydrogens is 453 g/mol. The smallest absolute Gasteiger partial charge is 0.261 e. The van der Waals surface area contributed by atoms with Gasteiger partial charge in [0.1, 0.15) is 5.82 Å². The molecule has 3 amide bonds. The van der Waals surface area contributed by atoms with E-state index in [2.05, 4.69) is 16.0 Å². The topological polar surface area (TPSA) is 87.3 Å². The summed E-state index contributed by atoms with van der Waals surface area (Å²) in [5.41, 5.74) is 2.15. The Labute approximate surface area is 193 Å². The summed E-state index contributed by atoms with van der Waals surface area (Å²) in [7, 11) is 0. The predicted molar refractivity (Wildman–Crippen MR) is 124 cm³/mol. The van der Waals surface area contributed by atoms with Crippen LogP contribution >= 0.6 is 22.9 Å². The molecule has 1 aromatic heterocycles. The monoisotopic (exact) mass is 473 g/mol. The Hall–Kier alpha value is -3.23. The molecule has 0 aliphatic heterocycles. The van der Waals surface area contributed by atoms with E-state index in [9.17, 15) is 18.8 Å². The van der Waals surface area contributed by atoms with E-state index in [0.29, 0.717) is 27.5 Å². The Kier molecular flexibility index (Phi) is 7.61. The zero-order chi connectivity index (χ0) is 23.3. The second-order valence-corrected chi connectivity index (χ2v) is 8.40. The van der Waals surface area contributed by atoms with Crippen molar-refractivity contribution >= 4 is 45.7 Å². The summed E-state index contributed by atoms with van der Waals surface area (Å²) < 4.78 is 13.2. The molecular formula is C23H21ClFN3O3S. The number of benzene rings is 2. The Balaban J connectivity index is 1.65. The van der Waals surface area contributed by atoms with Crippen LogP contribution in [0.1, 0.15) is 48.4 Å². The molecule has 3 rings (SSSR count). The minimum Gasteiger partial charge on any atom is -0.352 e. The number of halogens is 2. The van der Waals surface area contributed by atoms with Crippen LogP contribution in [-0.2, 0) is 6.54 Å². The van der Waals surface area contributed by atoms with Crippen LogP contribution in [0.4, 0.5) is 9.39 Å². The summed E-state index contributed by atoms with van der Waals surface area (Å²) in [5, 5.41) is 8.73. The van der Waals surface area contributed by atoms with Crippen molar-refractivity contribution in [2.75, 3.05) is 11.9 Å². The highest BCUT2D eigenvalue weighted by atomic mass is 35.5. The fourth-order valence-corrected chi connectivity index (χ4v) is 4.21. The Bertz CT molecular complexity index is 1180. The molecule has 9 heteroatoms. The maximum atomic E-state index is 13.2. The van der Waals surface area contributed by atoms with Gasteiger partial charge in [0.05, 0.1) is 20.5 Å². The number of thiophene rings is 1. The molecule has 0 bridgehead atoms. The first kappa shape index (κ1) is 23.4. The summed E-state index contributed by atoms with van der Waals surface area (Å²) in [4.78, 5) is 37.5. The van der Waals surface area contributed by atoms with E-state index >= 15 is 0 Å². The number of hydrogen-bond acceptors (Lipinski definition) is 4. The number of hydrogen-bond donors (Lipinski definition) is 3. The Morgan fingerprint density at radius 1 is 1.00 bits per heavy atom. The van der Waals surface area contributed by atoms with Gasteiger partial charge < -0.3 is 16.0 Å². The van der Waals surface area contributed by atoms with Gasteiger partial charge in [-0.15, -0.1) is 11.3 Å². The van der Waals surface area contributed by atoms with Crippen molar-refractivity contribution in [2.24, 2.45) is 0 Å². The first-order chi connectivity index (χ1) is 15.3. The third-order valence-corrected chi connectivity index (χ3v) is 5.98. The molecule has 0 aliphatic rings. The highest BCUT2D eigenvalue weighted by molar-refractivity contribution is 7.18. The molecule has 0 radical (unpaired) electrons. The molecule has 166 valence electrons. The maximum Gasteiger partial charge on any atom is 0.261 e. The Morgan fingerprint density at radius 3 is 2.50 bits per heavy atom. The van der Waals surface area contributed by atoms with Crippen molar-refractivity contribution in [3.63, 3.8) is 0 Å². The SMILES string of the molecule is CCNC(=O)c1cccc(CNC(=O)c2sc(NC(=O)c3ccc(F)cc3Cl)cc2C)c1. The van der Waals surface area contributed by atoms with Gasteiger partial charge in [-0.2, -0.15) is 0 Å². The molecule has 0 atom stereocenters. The lowest BCUT2D eigenvalue weighted by Crippen LogP contribution is -2.24. The molecule has 0 unspecified atom stereocenters. The number of anilines is 1. The summed E-state index contributed by atoms with van der Waals surface area (Å²) in [6.45, 7) is 4.39. The van der Waals surface area contributed by atoms with Crippen LogP contribution in [0.25, 0.3) is 0 Å². The number of carbonyl (C=O) groups is 3. The largest absolute Gasteiger partial charge is 0.352 e. The van der Waals surface area contributed by atoms with Crippen LogP contribution in [0.3, 0.4) is 0 Å². The summed E-state index contributed by atoms with van der Waals surface area (Å²) in [6.07, 6.45) is 0. The van der Waals surface area contributed by atoms with E-state index in [1.807, 2.05) is 13.0 Å². The third-order valence-electron chi connectivity index (χ3n) is 4.52. The van der Waals surface area contributed by atoms with Crippen molar-refractivity contribution in [3.05, 3.63) is 86.5 Å². The van der Waals surface area contributed by atoms with Gasteiger partial charge in [-0.3, -0.25) is 14.4 Å². The fourth-order valence-electron chi connectivity index (χ4n) is 2.97. The average Bonchev–Trinajstić information content (AvgIpc) is 3.12. The Morgan fingerprint density at radius 2 is 1.78 bits per heavy atom. The molecule has 2 aromatic carbocycles. The zero-order valence-electron chi connectivity index (χ0n) is 17.4. The molecule has 6 nitrogen and oxygen atoms in total. The van der Waals surface area contributed by atoms with Gasteiger partial charge in [-0.25, -0.2) is 4.39 Å². The summed E-state index contributed by atoms with van der Waals surface area (Å²) in [5.74, 6) is -1.49. The van der Waals surface area contributed by atoms with Crippen LogP contribution in [0.5, 0.6) is 0 Å². The molecule has 0 aliphatic carbocycles. The van der Waals surface area contributed by atoms with Crippen LogP contribution in [0.15, 0.2) is 48.5 Å². The van der Waals surface area contributed by atoms with E-state index in [1.165, 1.54) is 6.07 Å². The van der Waals surface area contributed by atoms with Crippen molar-refractivity contribution in [1.29, 1.82) is 0 Å². The van der Waals surface area contributed by atoms with Gasteiger partial charge in [0, 0.05) is 18.7 Å². The first-order valence-corrected chi connectivity index (χ1v) is 11.0. The third kappa shape index (κ3) is 5.72.